The highest BCUT2D eigenvalue weighted by molar-refractivity contribution is 7.11. The Hall–Kier alpha value is -0.360. The Morgan fingerprint density at radius 3 is 2.84 bits per heavy atom. The predicted octanol–water partition coefficient (Wildman–Crippen LogP) is 2.47. The first-order valence-electron chi connectivity index (χ1n) is 6.10. The lowest BCUT2D eigenvalue weighted by Crippen LogP contribution is -2.41. The summed E-state index contributed by atoms with van der Waals surface area (Å²) in [4.78, 5) is 17.5. The van der Waals surface area contributed by atoms with Crippen LogP contribution in [0.5, 0.6) is 0 Å². The second-order valence-corrected chi connectivity index (χ2v) is 5.85. The molecule has 2 unspecified atom stereocenters. The van der Waals surface area contributed by atoms with Crippen molar-refractivity contribution in [1.82, 2.24) is 15.6 Å². The summed E-state index contributed by atoms with van der Waals surface area (Å²) in [5.74, 6) is 0.268. The molecule has 1 aromatic rings. The quantitative estimate of drug-likeness (QED) is 0.897. The third-order valence-electron chi connectivity index (χ3n) is 3.04. The van der Waals surface area contributed by atoms with Crippen LogP contribution in [-0.2, 0) is 4.79 Å². The van der Waals surface area contributed by atoms with Gasteiger partial charge in [-0.15, -0.1) is 36.2 Å². The number of hydrogen-bond acceptors (Lipinski definition) is 4. The maximum atomic E-state index is 12.0. The van der Waals surface area contributed by atoms with Gasteiger partial charge < -0.3 is 10.6 Å². The van der Waals surface area contributed by atoms with Crippen LogP contribution in [0.2, 0.25) is 0 Å². The van der Waals surface area contributed by atoms with Crippen molar-refractivity contribution in [3.63, 3.8) is 0 Å². The van der Waals surface area contributed by atoms with Gasteiger partial charge >= 0.3 is 0 Å². The van der Waals surface area contributed by atoms with Gasteiger partial charge in [0, 0.05) is 17.6 Å². The highest BCUT2D eigenvalue weighted by Gasteiger charge is 2.23. The van der Waals surface area contributed by atoms with Gasteiger partial charge in [0.15, 0.2) is 0 Å². The van der Waals surface area contributed by atoms with E-state index in [1.54, 1.807) is 11.3 Å². The van der Waals surface area contributed by atoms with Gasteiger partial charge in [-0.25, -0.2) is 4.98 Å². The van der Waals surface area contributed by atoms with E-state index in [-0.39, 0.29) is 42.7 Å². The molecule has 0 radical (unpaired) electrons. The minimum absolute atomic E-state index is 0. The topological polar surface area (TPSA) is 54.0 Å². The third kappa shape index (κ3) is 5.26. The first kappa shape index (κ1) is 18.6. The van der Waals surface area contributed by atoms with Gasteiger partial charge in [-0.3, -0.25) is 4.79 Å². The summed E-state index contributed by atoms with van der Waals surface area (Å²) in [6, 6.07) is 0.0168. The van der Waals surface area contributed by atoms with E-state index in [1.807, 2.05) is 20.0 Å². The van der Waals surface area contributed by atoms with Gasteiger partial charge in [0.1, 0.15) is 5.01 Å². The van der Waals surface area contributed by atoms with Crippen molar-refractivity contribution in [3.8, 4) is 0 Å². The number of carbonyl (C=O) groups is 1. The van der Waals surface area contributed by atoms with Crippen molar-refractivity contribution in [3.05, 3.63) is 16.1 Å². The largest absolute Gasteiger partial charge is 0.347 e. The average molecular weight is 326 g/mol. The number of amides is 1. The van der Waals surface area contributed by atoms with Gasteiger partial charge in [0.05, 0.1) is 12.0 Å². The number of rotatable bonds is 3. The van der Waals surface area contributed by atoms with Crippen LogP contribution in [0.25, 0.3) is 0 Å². The van der Waals surface area contributed by atoms with E-state index in [0.717, 1.165) is 30.9 Å². The van der Waals surface area contributed by atoms with Gasteiger partial charge in [-0.05, 0) is 33.2 Å². The lowest BCUT2D eigenvalue weighted by Gasteiger charge is -2.23. The molecule has 2 heterocycles. The molecule has 1 aromatic heterocycles. The van der Waals surface area contributed by atoms with Gasteiger partial charge in [0.2, 0.25) is 5.91 Å². The van der Waals surface area contributed by atoms with E-state index >= 15 is 0 Å². The molecule has 1 saturated heterocycles. The van der Waals surface area contributed by atoms with Crippen LogP contribution in [0, 0.1) is 12.8 Å². The van der Waals surface area contributed by atoms with Crippen LogP contribution < -0.4 is 10.6 Å². The second-order valence-electron chi connectivity index (χ2n) is 4.58. The van der Waals surface area contributed by atoms with Crippen LogP contribution in [0.4, 0.5) is 0 Å². The molecule has 0 saturated carbocycles. The maximum Gasteiger partial charge on any atom is 0.224 e. The molecule has 7 heteroatoms. The molecular formula is C12H21Cl2N3OS. The standard InChI is InChI=1S/C12H19N3OS.2ClH/c1-8-6-14-12(17-8)9(2)15-11(16)10-4-3-5-13-7-10;;/h6,9-10,13H,3-5,7H2,1-2H3,(H,15,16);2*1H. The molecule has 4 nitrogen and oxygen atoms in total. The van der Waals surface area contributed by atoms with Crippen molar-refractivity contribution in [2.45, 2.75) is 32.7 Å². The van der Waals surface area contributed by atoms with Crippen molar-refractivity contribution >= 4 is 42.1 Å². The van der Waals surface area contributed by atoms with Gasteiger partial charge in [-0.1, -0.05) is 0 Å². The third-order valence-corrected chi connectivity index (χ3v) is 4.13. The summed E-state index contributed by atoms with van der Waals surface area (Å²) >= 11 is 1.64. The summed E-state index contributed by atoms with van der Waals surface area (Å²) in [7, 11) is 0. The SMILES string of the molecule is Cc1cnc(C(C)NC(=O)C2CCCNC2)s1.Cl.Cl. The molecular weight excluding hydrogens is 305 g/mol. The fourth-order valence-corrected chi connectivity index (χ4v) is 2.82. The van der Waals surface area contributed by atoms with Crippen molar-refractivity contribution in [2.75, 3.05) is 13.1 Å². The molecule has 0 aromatic carbocycles. The summed E-state index contributed by atoms with van der Waals surface area (Å²) in [6.45, 7) is 5.85. The normalized spacial score (nSPS) is 19.8. The summed E-state index contributed by atoms with van der Waals surface area (Å²) in [6.07, 6.45) is 3.93. The van der Waals surface area contributed by atoms with Crippen LogP contribution >= 0.6 is 36.2 Å². The van der Waals surface area contributed by atoms with Crippen LogP contribution in [0.15, 0.2) is 6.20 Å². The fraction of sp³-hybridized carbons (Fsp3) is 0.667. The molecule has 19 heavy (non-hydrogen) atoms. The molecule has 0 spiro atoms. The first-order chi connectivity index (χ1) is 8.16. The van der Waals surface area contributed by atoms with Gasteiger partial charge in [0.25, 0.3) is 0 Å². The number of aryl methyl sites for hydroxylation is 1. The minimum Gasteiger partial charge on any atom is -0.347 e. The Morgan fingerprint density at radius 1 is 1.58 bits per heavy atom. The fourth-order valence-electron chi connectivity index (χ4n) is 2.04. The minimum atomic E-state index is 0. The molecule has 2 atom stereocenters. The van der Waals surface area contributed by atoms with Crippen LogP contribution in [0.1, 0.15) is 35.7 Å². The number of thiazole rings is 1. The Labute approximate surface area is 130 Å². The van der Waals surface area contributed by atoms with E-state index in [9.17, 15) is 4.79 Å². The summed E-state index contributed by atoms with van der Waals surface area (Å²) in [5, 5.41) is 7.29. The number of aromatic nitrogens is 1. The number of halogens is 2. The molecule has 2 rings (SSSR count). The van der Waals surface area contributed by atoms with E-state index in [0.29, 0.717) is 0 Å². The number of nitrogens with zero attached hydrogens (tertiary/aromatic N) is 1. The highest BCUT2D eigenvalue weighted by atomic mass is 35.5. The zero-order valence-electron chi connectivity index (χ0n) is 11.1. The zero-order chi connectivity index (χ0) is 12.3. The van der Waals surface area contributed by atoms with Crippen LogP contribution in [0.3, 0.4) is 0 Å². The first-order valence-corrected chi connectivity index (χ1v) is 6.92. The Kier molecular flexibility index (Phi) is 8.57. The van der Waals surface area contributed by atoms with Crippen LogP contribution in [-0.4, -0.2) is 24.0 Å². The molecule has 2 N–H and O–H groups in total. The lowest BCUT2D eigenvalue weighted by molar-refractivity contribution is -0.126. The van der Waals surface area contributed by atoms with E-state index in [2.05, 4.69) is 15.6 Å². The lowest BCUT2D eigenvalue weighted by atomic mass is 9.98. The number of carbonyl (C=O) groups excluding carboxylic acids is 1. The van der Waals surface area contributed by atoms with Crippen molar-refractivity contribution in [1.29, 1.82) is 0 Å². The van der Waals surface area contributed by atoms with E-state index < -0.39 is 0 Å². The monoisotopic (exact) mass is 325 g/mol. The number of nitrogens with one attached hydrogen (secondary N) is 2. The number of piperidine rings is 1. The number of hydrogen-bond donors (Lipinski definition) is 2. The predicted molar refractivity (Wildman–Crippen MR) is 83.5 cm³/mol. The summed E-state index contributed by atoms with van der Waals surface area (Å²) < 4.78 is 0. The summed E-state index contributed by atoms with van der Waals surface area (Å²) in [5.41, 5.74) is 0. The van der Waals surface area contributed by atoms with E-state index in [1.165, 1.54) is 4.88 Å². The molecule has 1 aliphatic rings. The smallest absolute Gasteiger partial charge is 0.224 e. The maximum absolute atomic E-state index is 12.0. The van der Waals surface area contributed by atoms with Crippen molar-refractivity contribution < 1.29 is 4.79 Å². The highest BCUT2D eigenvalue weighted by Crippen LogP contribution is 2.20. The molecule has 1 amide bonds. The zero-order valence-corrected chi connectivity index (χ0v) is 13.6. The molecule has 110 valence electrons. The van der Waals surface area contributed by atoms with Gasteiger partial charge in [-0.2, -0.15) is 0 Å². The molecule has 1 fully saturated rings. The Balaban J connectivity index is 0.00000162. The molecule has 1 aliphatic heterocycles. The molecule has 0 aliphatic carbocycles. The Bertz CT molecular complexity index is 394. The Morgan fingerprint density at radius 2 is 2.32 bits per heavy atom. The van der Waals surface area contributed by atoms with E-state index in [4.69, 9.17) is 0 Å². The van der Waals surface area contributed by atoms with Crippen molar-refractivity contribution in [2.24, 2.45) is 5.92 Å². The average Bonchev–Trinajstić information content (AvgIpc) is 2.77. The molecule has 0 bridgehead atoms. The second kappa shape index (κ2) is 8.74.